The van der Waals surface area contributed by atoms with Crippen molar-refractivity contribution in [1.29, 1.82) is 0 Å². The van der Waals surface area contributed by atoms with E-state index in [0.29, 0.717) is 36.9 Å². The van der Waals surface area contributed by atoms with Crippen LogP contribution >= 0.6 is 11.6 Å². The van der Waals surface area contributed by atoms with E-state index in [0.717, 1.165) is 77.2 Å². The lowest BCUT2D eigenvalue weighted by molar-refractivity contribution is -0.142. The monoisotopic (exact) mass is 489 g/mol. The molecule has 0 radical (unpaired) electrons. The molecule has 34 heavy (non-hydrogen) atoms. The molecule has 0 unspecified atom stereocenters. The third-order valence-electron chi connectivity index (χ3n) is 7.83. The Hall–Kier alpha value is -1.79. The second kappa shape index (κ2) is 11.8. The topological polar surface area (TPSA) is 53.1 Å². The van der Waals surface area contributed by atoms with Crippen molar-refractivity contribution < 1.29 is 14.3 Å². The van der Waals surface area contributed by atoms with Crippen molar-refractivity contribution in [3.63, 3.8) is 0 Å². The van der Waals surface area contributed by atoms with Gasteiger partial charge in [-0.3, -0.25) is 14.5 Å². The first-order chi connectivity index (χ1) is 16.4. The van der Waals surface area contributed by atoms with Crippen LogP contribution in [0.2, 0.25) is 5.02 Å². The SMILES string of the molecule is CC1CCN(CC(=O)N2CCC[C@](COc3cccc(Cl)c3)(CC(=O)N3CCCCC3)C2)CC1. The summed E-state index contributed by atoms with van der Waals surface area (Å²) in [7, 11) is 0. The number of nitrogens with zero attached hydrogens (tertiary/aromatic N) is 3. The first-order valence-electron chi connectivity index (χ1n) is 13.1. The molecule has 3 heterocycles. The molecule has 6 nitrogen and oxygen atoms in total. The Kier molecular flexibility index (Phi) is 8.75. The molecular formula is C27H40ClN3O3. The minimum absolute atomic E-state index is 0.187. The minimum atomic E-state index is -0.374. The second-order valence-corrected chi connectivity index (χ2v) is 11.2. The quantitative estimate of drug-likeness (QED) is 0.567. The second-order valence-electron chi connectivity index (χ2n) is 10.7. The highest BCUT2D eigenvalue weighted by Gasteiger charge is 2.41. The van der Waals surface area contributed by atoms with Crippen LogP contribution in [0.25, 0.3) is 0 Å². The molecule has 0 aliphatic carbocycles. The maximum absolute atomic E-state index is 13.3. The molecule has 188 valence electrons. The summed E-state index contributed by atoms with van der Waals surface area (Å²) in [6.45, 7) is 8.22. The lowest BCUT2D eigenvalue weighted by Gasteiger charge is -2.44. The van der Waals surface area contributed by atoms with Crippen LogP contribution in [0.15, 0.2) is 24.3 Å². The number of hydrogen-bond donors (Lipinski definition) is 0. The largest absolute Gasteiger partial charge is 0.493 e. The molecular weight excluding hydrogens is 450 g/mol. The van der Waals surface area contributed by atoms with Crippen molar-refractivity contribution in [2.45, 2.75) is 58.3 Å². The smallest absolute Gasteiger partial charge is 0.236 e. The molecule has 3 aliphatic heterocycles. The van der Waals surface area contributed by atoms with Crippen LogP contribution in [0.3, 0.4) is 0 Å². The molecule has 1 aromatic carbocycles. The molecule has 3 saturated heterocycles. The Morgan fingerprint density at radius 2 is 1.74 bits per heavy atom. The van der Waals surface area contributed by atoms with Crippen LogP contribution in [0.1, 0.15) is 58.3 Å². The lowest BCUT2D eigenvalue weighted by atomic mass is 9.77. The van der Waals surface area contributed by atoms with E-state index in [1.54, 1.807) is 0 Å². The molecule has 0 N–H and O–H groups in total. The van der Waals surface area contributed by atoms with E-state index in [4.69, 9.17) is 16.3 Å². The Morgan fingerprint density at radius 1 is 1.00 bits per heavy atom. The van der Waals surface area contributed by atoms with Crippen LogP contribution in [0, 0.1) is 11.3 Å². The van der Waals surface area contributed by atoms with Gasteiger partial charge in [-0.2, -0.15) is 0 Å². The van der Waals surface area contributed by atoms with Crippen LogP contribution in [0.4, 0.5) is 0 Å². The number of halogens is 1. The number of likely N-dealkylation sites (tertiary alicyclic amines) is 3. The first-order valence-corrected chi connectivity index (χ1v) is 13.5. The van der Waals surface area contributed by atoms with Gasteiger partial charge in [0.1, 0.15) is 5.75 Å². The number of hydrogen-bond acceptors (Lipinski definition) is 4. The van der Waals surface area contributed by atoms with Gasteiger partial charge >= 0.3 is 0 Å². The molecule has 4 rings (SSSR count). The van der Waals surface area contributed by atoms with Crippen LogP contribution in [0.5, 0.6) is 5.75 Å². The molecule has 3 aliphatic rings. The van der Waals surface area contributed by atoms with E-state index in [1.807, 2.05) is 34.1 Å². The highest BCUT2D eigenvalue weighted by molar-refractivity contribution is 6.30. The number of rotatable bonds is 7. The highest BCUT2D eigenvalue weighted by Crippen LogP contribution is 2.36. The van der Waals surface area contributed by atoms with Crippen LogP contribution < -0.4 is 4.74 Å². The fourth-order valence-corrected chi connectivity index (χ4v) is 5.79. The van der Waals surface area contributed by atoms with Gasteiger partial charge < -0.3 is 14.5 Å². The number of carbonyl (C=O) groups excluding carboxylic acids is 2. The standard InChI is InChI=1S/C27H40ClN3O3/c1-22-9-15-29(16-10-22)19-26(33)31-14-6-11-27(20-31,18-25(32)30-12-3-2-4-13-30)21-34-24-8-5-7-23(28)17-24/h5,7-8,17,22H,2-4,6,9-16,18-21H2,1H3/t27-/m0/s1. The number of carbonyl (C=O) groups is 2. The summed E-state index contributed by atoms with van der Waals surface area (Å²) in [4.78, 5) is 32.9. The normalized spacial score (nSPS) is 24.8. The predicted molar refractivity (Wildman–Crippen MR) is 135 cm³/mol. The first kappa shape index (κ1) is 25.3. The Balaban J connectivity index is 1.44. The summed E-state index contributed by atoms with van der Waals surface area (Å²) in [5.74, 6) is 1.85. The van der Waals surface area contributed by atoms with E-state index in [2.05, 4.69) is 11.8 Å². The zero-order valence-electron chi connectivity index (χ0n) is 20.6. The van der Waals surface area contributed by atoms with Crippen LogP contribution in [-0.2, 0) is 9.59 Å². The summed E-state index contributed by atoms with van der Waals surface area (Å²) in [6, 6.07) is 7.41. The van der Waals surface area contributed by atoms with Gasteiger partial charge in [-0.1, -0.05) is 24.6 Å². The maximum Gasteiger partial charge on any atom is 0.236 e. The van der Waals surface area contributed by atoms with Gasteiger partial charge in [0.25, 0.3) is 0 Å². The molecule has 3 fully saturated rings. The van der Waals surface area contributed by atoms with Gasteiger partial charge in [0, 0.05) is 43.0 Å². The highest BCUT2D eigenvalue weighted by atomic mass is 35.5. The van der Waals surface area contributed by atoms with E-state index >= 15 is 0 Å². The number of benzene rings is 1. The number of amides is 2. The average Bonchev–Trinajstić information content (AvgIpc) is 2.85. The van der Waals surface area contributed by atoms with Crippen molar-refractivity contribution in [3.8, 4) is 5.75 Å². The number of ether oxygens (including phenoxy) is 1. The van der Waals surface area contributed by atoms with Crippen molar-refractivity contribution in [2.75, 3.05) is 52.4 Å². The van der Waals surface area contributed by atoms with E-state index in [9.17, 15) is 9.59 Å². The van der Waals surface area contributed by atoms with Crippen molar-refractivity contribution in [2.24, 2.45) is 11.3 Å². The fourth-order valence-electron chi connectivity index (χ4n) is 5.61. The Labute approximate surface area is 209 Å². The molecule has 0 bridgehead atoms. The zero-order chi connectivity index (χ0) is 24.0. The molecule has 0 aromatic heterocycles. The summed E-state index contributed by atoms with van der Waals surface area (Å²) < 4.78 is 6.20. The summed E-state index contributed by atoms with van der Waals surface area (Å²) in [5.41, 5.74) is -0.374. The molecule has 0 spiro atoms. The van der Waals surface area contributed by atoms with Gasteiger partial charge in [-0.05, 0) is 82.2 Å². The molecule has 2 amide bonds. The Bertz CT molecular complexity index is 836. The molecule has 7 heteroatoms. The summed E-state index contributed by atoms with van der Waals surface area (Å²) in [6.07, 6.45) is 7.90. The van der Waals surface area contributed by atoms with Crippen molar-refractivity contribution in [3.05, 3.63) is 29.3 Å². The van der Waals surface area contributed by atoms with Gasteiger partial charge in [-0.15, -0.1) is 0 Å². The van der Waals surface area contributed by atoms with Crippen molar-refractivity contribution >= 4 is 23.4 Å². The fraction of sp³-hybridized carbons (Fsp3) is 0.704. The van der Waals surface area contributed by atoms with E-state index in [1.165, 1.54) is 6.42 Å². The molecule has 0 saturated carbocycles. The number of piperidine rings is 3. The van der Waals surface area contributed by atoms with Gasteiger partial charge in [0.15, 0.2) is 0 Å². The molecule has 1 aromatic rings. The van der Waals surface area contributed by atoms with E-state index in [-0.39, 0.29) is 17.2 Å². The van der Waals surface area contributed by atoms with Gasteiger partial charge in [-0.25, -0.2) is 0 Å². The van der Waals surface area contributed by atoms with E-state index < -0.39 is 0 Å². The van der Waals surface area contributed by atoms with Crippen molar-refractivity contribution in [1.82, 2.24) is 14.7 Å². The summed E-state index contributed by atoms with van der Waals surface area (Å²) >= 11 is 6.15. The van der Waals surface area contributed by atoms with Gasteiger partial charge in [0.2, 0.25) is 11.8 Å². The molecule has 1 atom stereocenters. The average molecular weight is 490 g/mol. The minimum Gasteiger partial charge on any atom is -0.493 e. The maximum atomic E-state index is 13.3. The van der Waals surface area contributed by atoms with Gasteiger partial charge in [0.05, 0.1) is 13.2 Å². The lowest BCUT2D eigenvalue weighted by Crippen LogP contribution is -2.53. The summed E-state index contributed by atoms with van der Waals surface area (Å²) in [5, 5.41) is 0.632. The van der Waals surface area contributed by atoms with Crippen LogP contribution in [-0.4, -0.2) is 78.9 Å². The zero-order valence-corrected chi connectivity index (χ0v) is 21.4. The third kappa shape index (κ3) is 6.88. The third-order valence-corrected chi connectivity index (χ3v) is 8.06. The Morgan fingerprint density at radius 3 is 2.47 bits per heavy atom. The predicted octanol–water partition coefficient (Wildman–Crippen LogP) is 4.46.